The van der Waals surface area contributed by atoms with Crippen LogP contribution in [0.25, 0.3) is 0 Å². The van der Waals surface area contributed by atoms with Gasteiger partial charge < -0.3 is 25.2 Å². The number of likely N-dealkylation sites (tertiary alicyclic amines) is 1. The number of nitrogens with two attached hydrogens (primary N) is 1. The number of nitrogens with zero attached hydrogens (tertiary/aromatic N) is 2. The molecule has 3 N–H and O–H groups in total. The van der Waals surface area contributed by atoms with Gasteiger partial charge in [-0.25, -0.2) is 0 Å². The summed E-state index contributed by atoms with van der Waals surface area (Å²) in [7, 11) is 3.17. The number of methoxy groups -OCH3 is 2. The molecule has 0 aliphatic carbocycles. The summed E-state index contributed by atoms with van der Waals surface area (Å²) in [6.07, 6.45) is 3.98. The normalized spacial score (nSPS) is 17.5. The quantitative estimate of drug-likeness (QED) is 0.640. The second-order valence-electron chi connectivity index (χ2n) is 5.72. The SMILES string of the molecule is COc1ccc(OC)c(C(O)CN=C(N)N2CCCCCC2)c1. The maximum atomic E-state index is 10.4. The van der Waals surface area contributed by atoms with Gasteiger partial charge in [-0.15, -0.1) is 0 Å². The molecule has 0 spiro atoms. The second kappa shape index (κ2) is 8.62. The van der Waals surface area contributed by atoms with Gasteiger partial charge in [0.1, 0.15) is 17.6 Å². The molecular formula is C17H27N3O3. The Hall–Kier alpha value is -1.95. The third-order valence-corrected chi connectivity index (χ3v) is 4.15. The minimum Gasteiger partial charge on any atom is -0.497 e. The van der Waals surface area contributed by atoms with Crippen LogP contribution in [0.2, 0.25) is 0 Å². The van der Waals surface area contributed by atoms with Crippen molar-refractivity contribution in [3.63, 3.8) is 0 Å². The van der Waals surface area contributed by atoms with Gasteiger partial charge in [0.2, 0.25) is 0 Å². The summed E-state index contributed by atoms with van der Waals surface area (Å²) in [5.74, 6) is 1.79. The van der Waals surface area contributed by atoms with Gasteiger partial charge in [0.15, 0.2) is 5.96 Å². The summed E-state index contributed by atoms with van der Waals surface area (Å²) in [5, 5.41) is 10.4. The molecule has 1 aliphatic heterocycles. The molecule has 0 amide bonds. The van der Waals surface area contributed by atoms with Crippen LogP contribution in [-0.2, 0) is 0 Å². The number of rotatable bonds is 5. The lowest BCUT2D eigenvalue weighted by Crippen LogP contribution is -2.38. The fraction of sp³-hybridized carbons (Fsp3) is 0.588. The molecule has 1 unspecified atom stereocenters. The topological polar surface area (TPSA) is 80.3 Å². The largest absolute Gasteiger partial charge is 0.497 e. The molecule has 1 fully saturated rings. The Bertz CT molecular complexity index is 526. The highest BCUT2D eigenvalue weighted by atomic mass is 16.5. The van der Waals surface area contributed by atoms with E-state index in [0.717, 1.165) is 25.9 Å². The first kappa shape index (κ1) is 17.4. The van der Waals surface area contributed by atoms with E-state index in [-0.39, 0.29) is 6.54 Å². The van der Waals surface area contributed by atoms with Crippen LogP contribution in [0.5, 0.6) is 11.5 Å². The van der Waals surface area contributed by atoms with E-state index in [9.17, 15) is 5.11 Å². The molecule has 0 radical (unpaired) electrons. The van der Waals surface area contributed by atoms with Crippen LogP contribution in [0, 0.1) is 0 Å². The van der Waals surface area contributed by atoms with Gasteiger partial charge in [0.25, 0.3) is 0 Å². The molecular weight excluding hydrogens is 294 g/mol. The fourth-order valence-electron chi connectivity index (χ4n) is 2.78. The maximum Gasteiger partial charge on any atom is 0.191 e. The van der Waals surface area contributed by atoms with Crippen LogP contribution in [0.1, 0.15) is 37.4 Å². The molecule has 1 aromatic rings. The van der Waals surface area contributed by atoms with Crippen LogP contribution in [-0.4, -0.2) is 49.8 Å². The van der Waals surface area contributed by atoms with Crippen molar-refractivity contribution in [2.75, 3.05) is 33.9 Å². The van der Waals surface area contributed by atoms with Crippen molar-refractivity contribution >= 4 is 5.96 Å². The molecule has 0 aromatic heterocycles. The Kier molecular flexibility index (Phi) is 6.52. The molecule has 128 valence electrons. The molecule has 6 heteroatoms. The molecule has 0 saturated carbocycles. The van der Waals surface area contributed by atoms with Crippen molar-refractivity contribution in [1.82, 2.24) is 4.90 Å². The van der Waals surface area contributed by atoms with Crippen molar-refractivity contribution in [3.8, 4) is 11.5 Å². The van der Waals surface area contributed by atoms with Gasteiger partial charge >= 0.3 is 0 Å². The van der Waals surface area contributed by atoms with Crippen LogP contribution < -0.4 is 15.2 Å². The Morgan fingerprint density at radius 3 is 2.52 bits per heavy atom. The monoisotopic (exact) mass is 321 g/mol. The number of aliphatic imine (C=N–C) groups is 1. The molecule has 2 rings (SSSR count). The maximum absolute atomic E-state index is 10.4. The van der Waals surface area contributed by atoms with E-state index in [0.29, 0.717) is 23.0 Å². The number of aliphatic hydroxyl groups excluding tert-OH is 1. The second-order valence-corrected chi connectivity index (χ2v) is 5.72. The minimum absolute atomic E-state index is 0.200. The first-order chi connectivity index (χ1) is 11.2. The van der Waals surface area contributed by atoms with Gasteiger partial charge in [0, 0.05) is 18.7 Å². The highest BCUT2D eigenvalue weighted by Crippen LogP contribution is 2.29. The Balaban J connectivity index is 2.05. The molecule has 1 heterocycles. The van der Waals surface area contributed by atoms with Crippen LogP contribution >= 0.6 is 0 Å². The zero-order valence-electron chi connectivity index (χ0n) is 14.0. The Morgan fingerprint density at radius 2 is 1.91 bits per heavy atom. The molecule has 1 aliphatic rings. The molecule has 1 saturated heterocycles. The average molecular weight is 321 g/mol. The lowest BCUT2D eigenvalue weighted by atomic mass is 10.1. The van der Waals surface area contributed by atoms with Crippen LogP contribution in [0.15, 0.2) is 23.2 Å². The van der Waals surface area contributed by atoms with E-state index in [2.05, 4.69) is 9.89 Å². The van der Waals surface area contributed by atoms with E-state index in [4.69, 9.17) is 15.2 Å². The van der Waals surface area contributed by atoms with Gasteiger partial charge in [0.05, 0.1) is 20.8 Å². The molecule has 1 aromatic carbocycles. The zero-order chi connectivity index (χ0) is 16.7. The standard InChI is InChI=1S/C17H27N3O3/c1-22-13-7-8-16(23-2)14(11-13)15(21)12-19-17(18)20-9-5-3-4-6-10-20/h7-8,11,15,21H,3-6,9-10,12H2,1-2H3,(H2,18,19). The van der Waals surface area contributed by atoms with Crippen molar-refractivity contribution in [3.05, 3.63) is 23.8 Å². The number of benzene rings is 1. The van der Waals surface area contributed by atoms with Crippen molar-refractivity contribution in [1.29, 1.82) is 0 Å². The predicted molar refractivity (Wildman–Crippen MR) is 91.0 cm³/mol. The first-order valence-electron chi connectivity index (χ1n) is 8.10. The van der Waals surface area contributed by atoms with E-state index in [1.807, 2.05) is 0 Å². The third kappa shape index (κ3) is 4.76. The van der Waals surface area contributed by atoms with E-state index in [1.165, 1.54) is 12.8 Å². The first-order valence-corrected chi connectivity index (χ1v) is 8.10. The third-order valence-electron chi connectivity index (χ3n) is 4.15. The summed E-state index contributed by atoms with van der Waals surface area (Å²) < 4.78 is 10.5. The number of guanidine groups is 1. The number of hydrogen-bond donors (Lipinski definition) is 2. The predicted octanol–water partition coefficient (Wildman–Crippen LogP) is 1.93. The number of aliphatic hydroxyl groups is 1. The fourth-order valence-corrected chi connectivity index (χ4v) is 2.78. The molecule has 23 heavy (non-hydrogen) atoms. The lowest BCUT2D eigenvalue weighted by Gasteiger charge is -2.22. The number of hydrogen-bond acceptors (Lipinski definition) is 4. The van der Waals surface area contributed by atoms with Crippen molar-refractivity contribution < 1.29 is 14.6 Å². The number of ether oxygens (including phenoxy) is 2. The molecule has 1 atom stereocenters. The minimum atomic E-state index is -0.787. The van der Waals surface area contributed by atoms with Gasteiger partial charge in [-0.3, -0.25) is 4.99 Å². The highest BCUT2D eigenvalue weighted by molar-refractivity contribution is 5.78. The summed E-state index contributed by atoms with van der Waals surface area (Å²) >= 11 is 0. The zero-order valence-corrected chi connectivity index (χ0v) is 14.0. The Morgan fingerprint density at radius 1 is 1.22 bits per heavy atom. The smallest absolute Gasteiger partial charge is 0.191 e. The molecule has 6 nitrogen and oxygen atoms in total. The average Bonchev–Trinajstić information content (AvgIpc) is 2.88. The van der Waals surface area contributed by atoms with E-state index < -0.39 is 6.10 Å². The highest BCUT2D eigenvalue weighted by Gasteiger charge is 2.16. The Labute approximate surface area is 137 Å². The summed E-state index contributed by atoms with van der Waals surface area (Å²) in [6, 6.07) is 5.34. The van der Waals surface area contributed by atoms with Crippen LogP contribution in [0.4, 0.5) is 0 Å². The summed E-state index contributed by atoms with van der Waals surface area (Å²) in [6.45, 7) is 2.08. The van der Waals surface area contributed by atoms with E-state index in [1.54, 1.807) is 32.4 Å². The van der Waals surface area contributed by atoms with Gasteiger partial charge in [-0.05, 0) is 31.0 Å². The van der Waals surface area contributed by atoms with Gasteiger partial charge in [-0.1, -0.05) is 12.8 Å². The van der Waals surface area contributed by atoms with Crippen LogP contribution in [0.3, 0.4) is 0 Å². The van der Waals surface area contributed by atoms with Crippen molar-refractivity contribution in [2.24, 2.45) is 10.7 Å². The summed E-state index contributed by atoms with van der Waals surface area (Å²) in [5.41, 5.74) is 6.73. The lowest BCUT2D eigenvalue weighted by molar-refractivity contribution is 0.181. The van der Waals surface area contributed by atoms with Crippen molar-refractivity contribution in [2.45, 2.75) is 31.8 Å². The van der Waals surface area contributed by atoms with Gasteiger partial charge in [-0.2, -0.15) is 0 Å². The van der Waals surface area contributed by atoms with E-state index >= 15 is 0 Å². The molecule has 0 bridgehead atoms. The summed E-state index contributed by atoms with van der Waals surface area (Å²) in [4.78, 5) is 6.47.